The van der Waals surface area contributed by atoms with E-state index in [0.29, 0.717) is 5.95 Å². The first-order valence-electron chi connectivity index (χ1n) is 6.54. The largest absolute Gasteiger partial charge is 0.369 e. The van der Waals surface area contributed by atoms with Gasteiger partial charge in [0, 0.05) is 6.54 Å². The quantitative estimate of drug-likeness (QED) is 0.833. The highest BCUT2D eigenvalue weighted by atomic mass is 15.3. The van der Waals surface area contributed by atoms with E-state index < -0.39 is 0 Å². The Morgan fingerprint density at radius 3 is 2.74 bits per heavy atom. The van der Waals surface area contributed by atoms with Gasteiger partial charge < -0.3 is 10.6 Å². The summed E-state index contributed by atoms with van der Waals surface area (Å²) < 4.78 is 0. The van der Waals surface area contributed by atoms with Crippen LogP contribution in [0, 0.1) is 0 Å². The maximum Gasteiger partial charge on any atom is 0.245 e. The molecule has 2 N–H and O–H groups in total. The lowest BCUT2D eigenvalue weighted by molar-refractivity contribution is 0.837. The molecule has 0 aliphatic carbocycles. The minimum Gasteiger partial charge on any atom is -0.369 e. The maximum absolute atomic E-state index is 4.38. The zero-order chi connectivity index (χ0) is 13.5. The summed E-state index contributed by atoms with van der Waals surface area (Å²) in [5.74, 6) is 1.29. The van der Waals surface area contributed by atoms with Crippen LogP contribution in [0.15, 0.2) is 36.5 Å². The minimum absolute atomic E-state index is 0.143. The van der Waals surface area contributed by atoms with Crippen LogP contribution in [0.3, 0.4) is 0 Å². The summed E-state index contributed by atoms with van der Waals surface area (Å²) in [6.45, 7) is 5.06. The summed E-state index contributed by atoms with van der Waals surface area (Å²) in [6.07, 6.45) is 2.68. The Labute approximate surface area is 113 Å². The van der Waals surface area contributed by atoms with Gasteiger partial charge in [0.05, 0.1) is 12.2 Å². The Morgan fingerprint density at radius 2 is 2.00 bits per heavy atom. The van der Waals surface area contributed by atoms with E-state index in [1.807, 2.05) is 18.2 Å². The topological polar surface area (TPSA) is 62.7 Å². The molecule has 0 bridgehead atoms. The molecular weight excluding hydrogens is 238 g/mol. The summed E-state index contributed by atoms with van der Waals surface area (Å²) in [7, 11) is 0. The molecule has 1 unspecified atom stereocenters. The van der Waals surface area contributed by atoms with Crippen LogP contribution in [0.1, 0.15) is 31.9 Å². The molecule has 1 atom stereocenters. The molecule has 5 heteroatoms. The molecule has 5 nitrogen and oxygen atoms in total. The minimum atomic E-state index is 0.143. The van der Waals surface area contributed by atoms with Gasteiger partial charge >= 0.3 is 0 Å². The first-order valence-corrected chi connectivity index (χ1v) is 6.54. The Bertz CT molecular complexity index is 500. The molecule has 1 heterocycles. The van der Waals surface area contributed by atoms with Gasteiger partial charge in [-0.3, -0.25) is 0 Å². The molecule has 2 rings (SSSR count). The third kappa shape index (κ3) is 3.91. The molecule has 2 aromatic rings. The first-order chi connectivity index (χ1) is 9.29. The van der Waals surface area contributed by atoms with Crippen molar-refractivity contribution >= 4 is 11.8 Å². The number of rotatable bonds is 6. The van der Waals surface area contributed by atoms with Crippen molar-refractivity contribution in [3.63, 3.8) is 0 Å². The van der Waals surface area contributed by atoms with Gasteiger partial charge in [-0.2, -0.15) is 10.1 Å². The Hall–Kier alpha value is -2.17. The van der Waals surface area contributed by atoms with Crippen LogP contribution in [0.25, 0.3) is 0 Å². The van der Waals surface area contributed by atoms with Crippen molar-refractivity contribution < 1.29 is 0 Å². The van der Waals surface area contributed by atoms with E-state index in [1.165, 1.54) is 5.56 Å². The number of nitrogens with zero attached hydrogens (tertiary/aromatic N) is 3. The van der Waals surface area contributed by atoms with Crippen molar-refractivity contribution in [3.05, 3.63) is 42.1 Å². The van der Waals surface area contributed by atoms with E-state index in [-0.39, 0.29) is 6.04 Å². The van der Waals surface area contributed by atoms with Gasteiger partial charge in [0.15, 0.2) is 0 Å². The second-order valence-corrected chi connectivity index (χ2v) is 4.37. The van der Waals surface area contributed by atoms with Crippen molar-refractivity contribution in [2.75, 3.05) is 17.2 Å². The van der Waals surface area contributed by atoms with Crippen LogP contribution in [0.4, 0.5) is 11.8 Å². The van der Waals surface area contributed by atoms with Crippen LogP contribution >= 0.6 is 0 Å². The molecule has 100 valence electrons. The third-order valence-corrected chi connectivity index (χ3v) is 2.76. The lowest BCUT2D eigenvalue weighted by Crippen LogP contribution is -2.11. The lowest BCUT2D eigenvalue weighted by atomic mass is 10.1. The highest BCUT2D eigenvalue weighted by Gasteiger charge is 2.07. The number of hydrogen-bond acceptors (Lipinski definition) is 5. The fraction of sp³-hybridized carbons (Fsp3) is 0.357. The molecule has 1 aromatic carbocycles. The second kappa shape index (κ2) is 6.68. The predicted molar refractivity (Wildman–Crippen MR) is 77.1 cm³/mol. The van der Waals surface area contributed by atoms with Gasteiger partial charge in [0.2, 0.25) is 5.95 Å². The van der Waals surface area contributed by atoms with Gasteiger partial charge in [0.1, 0.15) is 5.82 Å². The maximum atomic E-state index is 4.38. The summed E-state index contributed by atoms with van der Waals surface area (Å²) in [4.78, 5) is 4.38. The average molecular weight is 257 g/mol. The smallest absolute Gasteiger partial charge is 0.245 e. The van der Waals surface area contributed by atoms with Gasteiger partial charge in [-0.05, 0) is 18.9 Å². The van der Waals surface area contributed by atoms with E-state index in [0.717, 1.165) is 18.8 Å². The number of hydrogen-bond donors (Lipinski definition) is 2. The fourth-order valence-electron chi connectivity index (χ4n) is 1.72. The summed E-state index contributed by atoms with van der Waals surface area (Å²) >= 11 is 0. The van der Waals surface area contributed by atoms with Crippen LogP contribution in [0.5, 0.6) is 0 Å². The zero-order valence-corrected chi connectivity index (χ0v) is 11.3. The Balaban J connectivity index is 2.02. The van der Waals surface area contributed by atoms with Gasteiger partial charge in [-0.1, -0.05) is 37.3 Å². The van der Waals surface area contributed by atoms with Crippen LogP contribution in [0.2, 0.25) is 0 Å². The highest BCUT2D eigenvalue weighted by Crippen LogP contribution is 2.16. The first kappa shape index (κ1) is 13.3. The number of aromatic nitrogens is 3. The Morgan fingerprint density at radius 1 is 1.21 bits per heavy atom. The van der Waals surface area contributed by atoms with E-state index in [9.17, 15) is 0 Å². The molecule has 0 amide bonds. The van der Waals surface area contributed by atoms with Crippen molar-refractivity contribution in [1.29, 1.82) is 0 Å². The molecule has 1 aromatic heterocycles. The summed E-state index contributed by atoms with van der Waals surface area (Å²) in [5.41, 5.74) is 1.19. The SMILES string of the molecule is CCCNc1cnnc(NC(C)c2ccccc2)n1. The summed E-state index contributed by atoms with van der Waals surface area (Å²) in [6, 6.07) is 10.3. The van der Waals surface area contributed by atoms with E-state index in [2.05, 4.69) is 51.8 Å². The number of benzene rings is 1. The van der Waals surface area contributed by atoms with Crippen molar-refractivity contribution in [1.82, 2.24) is 15.2 Å². The standard InChI is InChI=1S/C14H19N5/c1-3-9-15-13-10-16-19-14(18-13)17-11(2)12-7-5-4-6-8-12/h4-8,10-11H,3,9H2,1-2H3,(H2,15,17,18,19). The fourth-order valence-corrected chi connectivity index (χ4v) is 1.72. The third-order valence-electron chi connectivity index (χ3n) is 2.76. The monoisotopic (exact) mass is 257 g/mol. The van der Waals surface area contributed by atoms with Crippen LogP contribution in [-0.4, -0.2) is 21.7 Å². The van der Waals surface area contributed by atoms with E-state index >= 15 is 0 Å². The number of anilines is 2. The second-order valence-electron chi connectivity index (χ2n) is 4.37. The zero-order valence-electron chi connectivity index (χ0n) is 11.3. The van der Waals surface area contributed by atoms with Gasteiger partial charge in [-0.25, -0.2) is 0 Å². The van der Waals surface area contributed by atoms with Crippen molar-refractivity contribution in [2.24, 2.45) is 0 Å². The van der Waals surface area contributed by atoms with Crippen LogP contribution < -0.4 is 10.6 Å². The molecule has 0 aliphatic heterocycles. The molecule has 0 radical (unpaired) electrons. The molecule has 0 fully saturated rings. The van der Waals surface area contributed by atoms with Gasteiger partial charge in [0.25, 0.3) is 0 Å². The van der Waals surface area contributed by atoms with Crippen molar-refractivity contribution in [3.8, 4) is 0 Å². The molecular formula is C14H19N5. The summed E-state index contributed by atoms with van der Waals surface area (Å²) in [5, 5.41) is 14.4. The Kier molecular flexibility index (Phi) is 4.66. The normalized spacial score (nSPS) is 11.9. The van der Waals surface area contributed by atoms with E-state index in [4.69, 9.17) is 0 Å². The predicted octanol–water partition coefficient (Wildman–Crippen LogP) is 2.87. The van der Waals surface area contributed by atoms with E-state index in [1.54, 1.807) is 6.20 Å². The molecule has 0 aliphatic rings. The molecule has 0 saturated heterocycles. The molecule has 0 spiro atoms. The lowest BCUT2D eigenvalue weighted by Gasteiger charge is -2.14. The van der Waals surface area contributed by atoms with Crippen LogP contribution in [-0.2, 0) is 0 Å². The number of nitrogens with one attached hydrogen (secondary N) is 2. The molecule has 19 heavy (non-hydrogen) atoms. The van der Waals surface area contributed by atoms with Gasteiger partial charge in [-0.15, -0.1) is 5.10 Å². The highest BCUT2D eigenvalue weighted by molar-refractivity contribution is 5.38. The average Bonchev–Trinajstić information content (AvgIpc) is 2.46. The van der Waals surface area contributed by atoms with Crippen molar-refractivity contribution in [2.45, 2.75) is 26.3 Å². The molecule has 0 saturated carbocycles.